The number of rotatable bonds is 3. The zero-order valence-electron chi connectivity index (χ0n) is 16.7. The Kier molecular flexibility index (Phi) is 6.18. The second-order valence-corrected chi connectivity index (χ2v) is 8.15. The summed E-state index contributed by atoms with van der Waals surface area (Å²) in [6.07, 6.45) is 6.60. The van der Waals surface area contributed by atoms with Crippen molar-refractivity contribution in [2.75, 3.05) is 31.2 Å². The van der Waals surface area contributed by atoms with E-state index in [1.54, 1.807) is 0 Å². The highest BCUT2D eigenvalue weighted by Crippen LogP contribution is 2.36. The fraction of sp³-hybridized carbons (Fsp3) is 0.375. The molecule has 0 spiro atoms. The van der Waals surface area contributed by atoms with E-state index in [4.69, 9.17) is 4.74 Å². The van der Waals surface area contributed by atoms with Crippen molar-refractivity contribution in [1.82, 2.24) is 0 Å². The lowest BCUT2D eigenvalue weighted by Crippen LogP contribution is -2.28. The lowest BCUT2D eigenvalue weighted by atomic mass is 9.92. The third-order valence-corrected chi connectivity index (χ3v) is 6.34. The minimum Gasteiger partial charge on any atom is -0.381 e. The summed E-state index contributed by atoms with van der Waals surface area (Å²) in [7, 11) is 0. The van der Waals surface area contributed by atoms with Gasteiger partial charge in [0.05, 0.1) is 6.54 Å². The van der Waals surface area contributed by atoms with Gasteiger partial charge in [-0.05, 0) is 72.4 Å². The van der Waals surface area contributed by atoms with Crippen molar-refractivity contribution in [3.05, 3.63) is 59.7 Å². The molecule has 0 N–H and O–H groups in total. The molecule has 0 bridgehead atoms. The Labute approximate surface area is 172 Å². The van der Waals surface area contributed by atoms with Gasteiger partial charge in [-0.15, -0.1) is 0 Å². The highest BCUT2D eigenvalue weighted by atomic mass is 32.2. The third-order valence-electron chi connectivity index (χ3n) is 5.36. The number of fused-ring (bicyclic) bond motifs is 3. The molecule has 0 unspecified atom stereocenters. The molecule has 146 valence electrons. The second kappa shape index (κ2) is 8.97. The molecule has 0 aromatic heterocycles. The van der Waals surface area contributed by atoms with Crippen LogP contribution in [-0.4, -0.2) is 32.1 Å². The number of hydrogen-bond acceptors (Lipinski definition) is 4. The SMILES string of the molecule is C1=Cc2cc(Sc3cccc(C4CCOCC4)c3)ccc2N2CCN=C12.CC. The van der Waals surface area contributed by atoms with Crippen LogP contribution in [0.5, 0.6) is 0 Å². The average Bonchev–Trinajstić information content (AvgIpc) is 3.25. The Morgan fingerprint density at radius 2 is 1.82 bits per heavy atom. The van der Waals surface area contributed by atoms with Crippen LogP contribution in [0.4, 0.5) is 5.69 Å². The van der Waals surface area contributed by atoms with E-state index < -0.39 is 0 Å². The van der Waals surface area contributed by atoms with Crippen molar-refractivity contribution >= 4 is 29.4 Å². The Balaban J connectivity index is 0.000000932. The van der Waals surface area contributed by atoms with Gasteiger partial charge < -0.3 is 9.64 Å². The number of aliphatic imine (C=N–C) groups is 1. The molecular formula is C24H28N2OS. The van der Waals surface area contributed by atoms with Crippen LogP contribution < -0.4 is 4.90 Å². The first-order valence-corrected chi connectivity index (χ1v) is 11.2. The molecular weight excluding hydrogens is 364 g/mol. The quantitative estimate of drug-likeness (QED) is 0.640. The minimum atomic E-state index is 0.642. The van der Waals surface area contributed by atoms with Gasteiger partial charge in [0.25, 0.3) is 0 Å². The van der Waals surface area contributed by atoms with Crippen LogP contribution in [-0.2, 0) is 4.74 Å². The number of nitrogens with zero attached hydrogens (tertiary/aromatic N) is 2. The van der Waals surface area contributed by atoms with Crippen molar-refractivity contribution < 1.29 is 4.74 Å². The maximum absolute atomic E-state index is 5.51. The number of amidine groups is 1. The minimum absolute atomic E-state index is 0.642. The van der Waals surface area contributed by atoms with E-state index in [0.29, 0.717) is 5.92 Å². The normalized spacial score (nSPS) is 18.1. The first-order chi connectivity index (χ1) is 13.9. The topological polar surface area (TPSA) is 24.8 Å². The van der Waals surface area contributed by atoms with Gasteiger partial charge in [-0.2, -0.15) is 0 Å². The zero-order chi connectivity index (χ0) is 19.3. The molecule has 0 amide bonds. The number of anilines is 1. The van der Waals surface area contributed by atoms with Crippen LogP contribution in [0.1, 0.15) is 43.7 Å². The Hall–Kier alpha value is -2.04. The largest absolute Gasteiger partial charge is 0.381 e. The molecule has 0 saturated carbocycles. The van der Waals surface area contributed by atoms with Crippen LogP contribution in [0.25, 0.3) is 6.08 Å². The van der Waals surface area contributed by atoms with E-state index in [2.05, 4.69) is 64.5 Å². The monoisotopic (exact) mass is 392 g/mol. The summed E-state index contributed by atoms with van der Waals surface area (Å²) in [6, 6.07) is 15.8. The molecule has 5 rings (SSSR count). The van der Waals surface area contributed by atoms with E-state index in [-0.39, 0.29) is 0 Å². The van der Waals surface area contributed by atoms with Crippen LogP contribution >= 0.6 is 11.8 Å². The van der Waals surface area contributed by atoms with Crippen molar-refractivity contribution in [3.8, 4) is 0 Å². The maximum atomic E-state index is 5.51. The van der Waals surface area contributed by atoms with Crippen LogP contribution in [0.15, 0.2) is 63.3 Å². The standard InChI is InChI=1S/C22H22N2OS.C2H6/c1-2-17(16-8-12-25-13-9-16)14-19(3-1)26-20-5-6-21-18(15-20)4-7-22-23-10-11-24(21)22;1-2/h1-7,14-16H,8-13H2;1-2H3. The summed E-state index contributed by atoms with van der Waals surface area (Å²) < 4.78 is 5.51. The summed E-state index contributed by atoms with van der Waals surface area (Å²) >= 11 is 1.85. The van der Waals surface area contributed by atoms with E-state index in [1.165, 1.54) is 26.6 Å². The molecule has 4 heteroatoms. The molecule has 0 aliphatic carbocycles. The molecule has 0 radical (unpaired) electrons. The van der Waals surface area contributed by atoms with Gasteiger partial charge in [0, 0.05) is 35.2 Å². The lowest BCUT2D eigenvalue weighted by Gasteiger charge is -2.25. The lowest BCUT2D eigenvalue weighted by molar-refractivity contribution is 0.0853. The van der Waals surface area contributed by atoms with Gasteiger partial charge in [-0.25, -0.2) is 0 Å². The Bertz CT molecular complexity index is 884. The predicted molar refractivity (Wildman–Crippen MR) is 120 cm³/mol. The maximum Gasteiger partial charge on any atom is 0.128 e. The molecule has 3 heterocycles. The van der Waals surface area contributed by atoms with Gasteiger partial charge in [-0.1, -0.05) is 37.7 Å². The molecule has 2 aromatic rings. The molecule has 3 nitrogen and oxygen atoms in total. The molecule has 2 aromatic carbocycles. The highest BCUT2D eigenvalue weighted by Gasteiger charge is 2.22. The van der Waals surface area contributed by atoms with Crippen molar-refractivity contribution in [2.24, 2.45) is 4.99 Å². The van der Waals surface area contributed by atoms with Gasteiger partial charge in [0.15, 0.2) is 0 Å². The summed E-state index contributed by atoms with van der Waals surface area (Å²) in [5.74, 6) is 1.74. The summed E-state index contributed by atoms with van der Waals surface area (Å²) in [4.78, 5) is 9.46. The Morgan fingerprint density at radius 1 is 1.00 bits per heavy atom. The van der Waals surface area contributed by atoms with Gasteiger partial charge >= 0.3 is 0 Å². The van der Waals surface area contributed by atoms with Crippen LogP contribution in [0.3, 0.4) is 0 Å². The van der Waals surface area contributed by atoms with Crippen LogP contribution in [0.2, 0.25) is 0 Å². The highest BCUT2D eigenvalue weighted by molar-refractivity contribution is 7.99. The number of benzene rings is 2. The fourth-order valence-electron chi connectivity index (χ4n) is 3.99. The second-order valence-electron chi connectivity index (χ2n) is 7.01. The third kappa shape index (κ3) is 4.03. The molecule has 1 saturated heterocycles. The molecule has 28 heavy (non-hydrogen) atoms. The summed E-state index contributed by atoms with van der Waals surface area (Å²) in [5.41, 5.74) is 4.02. The Morgan fingerprint density at radius 3 is 2.68 bits per heavy atom. The van der Waals surface area contributed by atoms with E-state index in [0.717, 1.165) is 45.0 Å². The fourth-order valence-corrected chi connectivity index (χ4v) is 4.93. The number of hydrogen-bond donors (Lipinski definition) is 0. The van der Waals surface area contributed by atoms with E-state index in [1.807, 2.05) is 25.6 Å². The van der Waals surface area contributed by atoms with Crippen LogP contribution in [0, 0.1) is 0 Å². The van der Waals surface area contributed by atoms with E-state index >= 15 is 0 Å². The molecule has 0 atom stereocenters. The summed E-state index contributed by atoms with van der Waals surface area (Å²) in [6.45, 7) is 7.67. The first kappa shape index (κ1) is 19.3. The van der Waals surface area contributed by atoms with E-state index in [9.17, 15) is 0 Å². The van der Waals surface area contributed by atoms with Gasteiger partial charge in [-0.3, -0.25) is 4.99 Å². The molecule has 1 fully saturated rings. The summed E-state index contributed by atoms with van der Waals surface area (Å²) in [5, 5.41) is 0. The smallest absolute Gasteiger partial charge is 0.128 e. The van der Waals surface area contributed by atoms with Gasteiger partial charge in [0.2, 0.25) is 0 Å². The van der Waals surface area contributed by atoms with Crippen molar-refractivity contribution in [3.63, 3.8) is 0 Å². The van der Waals surface area contributed by atoms with Gasteiger partial charge in [0.1, 0.15) is 5.84 Å². The molecule has 3 aliphatic heterocycles. The zero-order valence-corrected chi connectivity index (χ0v) is 17.5. The van der Waals surface area contributed by atoms with Crippen molar-refractivity contribution in [2.45, 2.75) is 42.4 Å². The first-order valence-electron chi connectivity index (χ1n) is 10.4. The van der Waals surface area contributed by atoms with Crippen molar-refractivity contribution in [1.29, 1.82) is 0 Å². The number of ether oxygens (including phenoxy) is 1. The predicted octanol–water partition coefficient (Wildman–Crippen LogP) is 6.00. The average molecular weight is 393 g/mol. The molecule has 3 aliphatic rings.